The third-order valence-electron chi connectivity index (χ3n) is 4.33. The standard InChI is InChI=1S/C20H14F3N5O/c21-20(22,23)18-15-3-1-2-4-17(15)25-9-16(18)19(29)27-14-7-5-13(6-8-14)10-28-12-24-11-26-28/h1-9,11-12H,10H2,(H,27,29). The number of aromatic nitrogens is 4. The van der Waals surface area contributed by atoms with Crippen LogP contribution in [-0.2, 0) is 12.7 Å². The van der Waals surface area contributed by atoms with Gasteiger partial charge in [-0.05, 0) is 23.8 Å². The Balaban J connectivity index is 1.61. The number of carbonyl (C=O) groups is 1. The molecule has 1 amide bonds. The van der Waals surface area contributed by atoms with Gasteiger partial charge < -0.3 is 5.32 Å². The van der Waals surface area contributed by atoms with Gasteiger partial charge in [0.1, 0.15) is 12.7 Å². The Labute approximate surface area is 163 Å². The van der Waals surface area contributed by atoms with Crippen LogP contribution in [0.4, 0.5) is 18.9 Å². The molecule has 9 heteroatoms. The fraction of sp³-hybridized carbons (Fsp3) is 0.100. The Bertz CT molecular complexity index is 1160. The summed E-state index contributed by atoms with van der Waals surface area (Å²) in [7, 11) is 0. The smallest absolute Gasteiger partial charge is 0.322 e. The Kier molecular flexibility index (Phi) is 4.71. The number of hydrogen-bond donors (Lipinski definition) is 1. The molecule has 2 aromatic carbocycles. The van der Waals surface area contributed by atoms with E-state index in [4.69, 9.17) is 0 Å². The molecular weight excluding hydrogens is 383 g/mol. The minimum absolute atomic E-state index is 0.115. The van der Waals surface area contributed by atoms with E-state index < -0.39 is 23.2 Å². The van der Waals surface area contributed by atoms with Gasteiger partial charge in [-0.1, -0.05) is 30.3 Å². The fourth-order valence-corrected chi connectivity index (χ4v) is 3.01. The first-order valence-corrected chi connectivity index (χ1v) is 8.59. The van der Waals surface area contributed by atoms with E-state index in [1.165, 1.54) is 24.5 Å². The quantitative estimate of drug-likeness (QED) is 0.562. The number of alkyl halides is 3. The third-order valence-corrected chi connectivity index (χ3v) is 4.33. The Morgan fingerprint density at radius 3 is 2.52 bits per heavy atom. The highest BCUT2D eigenvalue weighted by molar-refractivity contribution is 6.07. The van der Waals surface area contributed by atoms with E-state index in [1.807, 2.05) is 0 Å². The van der Waals surface area contributed by atoms with Crippen LogP contribution < -0.4 is 5.32 Å². The number of carbonyl (C=O) groups excluding carboxylic acids is 1. The second-order valence-corrected chi connectivity index (χ2v) is 6.31. The maximum atomic E-state index is 13.7. The molecule has 0 fully saturated rings. The molecule has 2 aromatic heterocycles. The first-order valence-electron chi connectivity index (χ1n) is 8.59. The monoisotopic (exact) mass is 397 g/mol. The summed E-state index contributed by atoms with van der Waals surface area (Å²) in [4.78, 5) is 20.4. The summed E-state index contributed by atoms with van der Waals surface area (Å²) in [5.41, 5.74) is -0.0735. The lowest BCUT2D eigenvalue weighted by Crippen LogP contribution is -2.19. The number of amides is 1. The van der Waals surface area contributed by atoms with Crippen LogP contribution in [0.2, 0.25) is 0 Å². The lowest BCUT2D eigenvalue weighted by molar-refractivity contribution is -0.136. The molecule has 146 valence electrons. The van der Waals surface area contributed by atoms with Crippen LogP contribution in [-0.4, -0.2) is 25.7 Å². The molecule has 29 heavy (non-hydrogen) atoms. The van der Waals surface area contributed by atoms with Gasteiger partial charge in [-0.15, -0.1) is 0 Å². The number of pyridine rings is 1. The zero-order valence-corrected chi connectivity index (χ0v) is 14.9. The number of hydrogen-bond acceptors (Lipinski definition) is 4. The molecule has 0 saturated heterocycles. The van der Waals surface area contributed by atoms with Gasteiger partial charge in [-0.2, -0.15) is 18.3 Å². The summed E-state index contributed by atoms with van der Waals surface area (Å²) in [6, 6.07) is 12.6. The highest BCUT2D eigenvalue weighted by atomic mass is 19.4. The summed E-state index contributed by atoms with van der Waals surface area (Å²) >= 11 is 0. The Morgan fingerprint density at radius 2 is 1.83 bits per heavy atom. The molecule has 0 aliphatic carbocycles. The van der Waals surface area contributed by atoms with E-state index in [1.54, 1.807) is 41.3 Å². The predicted molar refractivity (Wildman–Crippen MR) is 100 cm³/mol. The van der Waals surface area contributed by atoms with Crippen LogP contribution in [0.5, 0.6) is 0 Å². The van der Waals surface area contributed by atoms with Crippen molar-refractivity contribution in [1.82, 2.24) is 19.7 Å². The van der Waals surface area contributed by atoms with Crippen molar-refractivity contribution in [2.75, 3.05) is 5.32 Å². The normalized spacial score (nSPS) is 11.6. The number of anilines is 1. The van der Waals surface area contributed by atoms with Crippen molar-refractivity contribution >= 4 is 22.5 Å². The maximum Gasteiger partial charge on any atom is 0.417 e. The van der Waals surface area contributed by atoms with Crippen LogP contribution in [0.25, 0.3) is 10.9 Å². The minimum atomic E-state index is -4.70. The zero-order chi connectivity index (χ0) is 20.4. The van der Waals surface area contributed by atoms with Crippen molar-refractivity contribution in [3.05, 3.63) is 84.1 Å². The highest BCUT2D eigenvalue weighted by Gasteiger charge is 2.37. The molecule has 0 unspecified atom stereocenters. The van der Waals surface area contributed by atoms with Crippen molar-refractivity contribution < 1.29 is 18.0 Å². The molecule has 0 atom stereocenters. The first-order chi connectivity index (χ1) is 13.9. The summed E-state index contributed by atoms with van der Waals surface area (Å²) in [6.07, 6.45) is -0.748. The number of para-hydroxylation sites is 1. The molecule has 0 aliphatic rings. The van der Waals surface area contributed by atoms with Crippen LogP contribution in [0, 0.1) is 0 Å². The highest BCUT2D eigenvalue weighted by Crippen LogP contribution is 2.37. The van der Waals surface area contributed by atoms with Crippen molar-refractivity contribution in [2.24, 2.45) is 0 Å². The third kappa shape index (κ3) is 3.93. The van der Waals surface area contributed by atoms with Crippen LogP contribution in [0.15, 0.2) is 67.4 Å². The van der Waals surface area contributed by atoms with Crippen LogP contribution in [0.1, 0.15) is 21.5 Å². The first kappa shape index (κ1) is 18.6. The average molecular weight is 397 g/mol. The number of halogens is 3. The van der Waals surface area contributed by atoms with Crippen molar-refractivity contribution in [2.45, 2.75) is 12.7 Å². The van der Waals surface area contributed by atoms with E-state index in [-0.39, 0.29) is 10.9 Å². The van der Waals surface area contributed by atoms with E-state index >= 15 is 0 Å². The molecule has 0 aliphatic heterocycles. The van der Waals surface area contributed by atoms with Gasteiger partial charge in [0.05, 0.1) is 23.2 Å². The number of rotatable bonds is 4. The number of nitrogens with one attached hydrogen (secondary N) is 1. The molecule has 4 rings (SSSR count). The van der Waals surface area contributed by atoms with Crippen molar-refractivity contribution in [3.63, 3.8) is 0 Å². The van der Waals surface area contributed by atoms with E-state index in [0.29, 0.717) is 12.2 Å². The fourth-order valence-electron chi connectivity index (χ4n) is 3.01. The van der Waals surface area contributed by atoms with Gasteiger partial charge in [0.2, 0.25) is 0 Å². The molecule has 1 N–H and O–H groups in total. The second kappa shape index (κ2) is 7.34. The predicted octanol–water partition coefficient (Wildman–Crippen LogP) is 4.15. The van der Waals surface area contributed by atoms with Crippen LogP contribution in [0.3, 0.4) is 0 Å². The summed E-state index contributed by atoms with van der Waals surface area (Å²) in [6.45, 7) is 0.487. The topological polar surface area (TPSA) is 72.7 Å². The second-order valence-electron chi connectivity index (χ2n) is 6.31. The van der Waals surface area contributed by atoms with Crippen LogP contribution >= 0.6 is 0 Å². The van der Waals surface area contributed by atoms with E-state index in [0.717, 1.165) is 11.8 Å². The molecule has 0 radical (unpaired) electrons. The summed E-state index contributed by atoms with van der Waals surface area (Å²) in [5.74, 6) is -0.875. The maximum absolute atomic E-state index is 13.7. The van der Waals surface area contributed by atoms with Gasteiger partial charge >= 0.3 is 6.18 Å². The molecule has 2 heterocycles. The van der Waals surface area contributed by atoms with Gasteiger partial charge in [-0.3, -0.25) is 9.78 Å². The minimum Gasteiger partial charge on any atom is -0.322 e. The summed E-state index contributed by atoms with van der Waals surface area (Å²) in [5, 5.41) is 6.39. The zero-order valence-electron chi connectivity index (χ0n) is 14.9. The molecule has 4 aromatic rings. The van der Waals surface area contributed by atoms with E-state index in [2.05, 4.69) is 20.4 Å². The van der Waals surface area contributed by atoms with Gasteiger partial charge in [-0.25, -0.2) is 9.67 Å². The number of fused-ring (bicyclic) bond motifs is 1. The lowest BCUT2D eigenvalue weighted by Gasteiger charge is -2.15. The van der Waals surface area contributed by atoms with Gasteiger partial charge in [0, 0.05) is 17.3 Å². The SMILES string of the molecule is O=C(Nc1ccc(Cn2cncn2)cc1)c1cnc2ccccc2c1C(F)(F)F. The number of benzene rings is 2. The van der Waals surface area contributed by atoms with Crippen molar-refractivity contribution in [3.8, 4) is 0 Å². The van der Waals surface area contributed by atoms with Gasteiger partial charge in [0.15, 0.2) is 0 Å². The molecule has 0 spiro atoms. The lowest BCUT2D eigenvalue weighted by atomic mass is 10.0. The Hall–Kier alpha value is -3.75. The Morgan fingerprint density at radius 1 is 1.07 bits per heavy atom. The molecule has 6 nitrogen and oxygen atoms in total. The molecular formula is C20H14F3N5O. The van der Waals surface area contributed by atoms with Gasteiger partial charge in [0.25, 0.3) is 5.91 Å². The van der Waals surface area contributed by atoms with Crippen molar-refractivity contribution in [1.29, 1.82) is 0 Å². The number of nitrogens with zero attached hydrogens (tertiary/aromatic N) is 4. The molecule has 0 bridgehead atoms. The summed E-state index contributed by atoms with van der Waals surface area (Å²) < 4.78 is 42.7. The van der Waals surface area contributed by atoms with E-state index in [9.17, 15) is 18.0 Å². The average Bonchev–Trinajstić information content (AvgIpc) is 3.21. The largest absolute Gasteiger partial charge is 0.417 e. The molecule has 0 saturated carbocycles.